The van der Waals surface area contributed by atoms with Crippen LogP contribution in [0.15, 0.2) is 42.5 Å². The number of hydrogen-bond acceptors (Lipinski definition) is 5. The number of anilines is 1. The van der Waals surface area contributed by atoms with Gasteiger partial charge in [-0.1, -0.05) is 38.5 Å². The Morgan fingerprint density at radius 2 is 1.63 bits per heavy atom. The monoisotopic (exact) mass is 525 g/mol. The summed E-state index contributed by atoms with van der Waals surface area (Å²) < 4.78 is 10.7. The highest BCUT2D eigenvalue weighted by Gasteiger charge is 2.38. The lowest BCUT2D eigenvalue weighted by molar-refractivity contribution is -0.141. The molecule has 208 valence electrons. The van der Waals surface area contributed by atoms with E-state index in [2.05, 4.69) is 10.6 Å². The molecule has 0 aliphatic heterocycles. The summed E-state index contributed by atoms with van der Waals surface area (Å²) in [4.78, 5) is 42.2. The van der Waals surface area contributed by atoms with Gasteiger partial charge >= 0.3 is 6.09 Å². The van der Waals surface area contributed by atoms with Gasteiger partial charge in [-0.05, 0) is 88.4 Å². The summed E-state index contributed by atoms with van der Waals surface area (Å²) in [7, 11) is 1.58. The first kappa shape index (κ1) is 30.7. The Kier molecular flexibility index (Phi) is 10.7. The van der Waals surface area contributed by atoms with E-state index >= 15 is 0 Å². The van der Waals surface area contributed by atoms with Crippen molar-refractivity contribution in [3.63, 3.8) is 0 Å². The number of aryl methyl sites for hydroxylation is 1. The number of nitrogens with one attached hydrogen (secondary N) is 2. The largest absolute Gasteiger partial charge is 0.497 e. The maximum absolute atomic E-state index is 14.1. The molecule has 2 rings (SSSR count). The highest BCUT2D eigenvalue weighted by molar-refractivity contribution is 5.99. The summed E-state index contributed by atoms with van der Waals surface area (Å²) >= 11 is 0. The first-order chi connectivity index (χ1) is 17.8. The normalized spacial score (nSPS) is 13.6. The van der Waals surface area contributed by atoms with Crippen LogP contribution in [-0.4, -0.2) is 48.1 Å². The van der Waals surface area contributed by atoms with Crippen molar-refractivity contribution in [2.75, 3.05) is 19.0 Å². The zero-order valence-corrected chi connectivity index (χ0v) is 24.2. The van der Waals surface area contributed by atoms with Crippen molar-refractivity contribution >= 4 is 23.6 Å². The standard InChI is InChI=1S/C30H43N3O5/c1-10-19(3)25(32-29(36)38-30(6,7)8)28(35)33(11-2)26(24-14-12-13-20(4)21(24)5)27(34)31-22-15-17-23(37-9)18-16-22/h12-19,25-26H,10-11H2,1-9H3,(H,31,34)(H,32,36). The van der Waals surface area contributed by atoms with E-state index in [0.29, 0.717) is 17.9 Å². The number of benzene rings is 2. The molecule has 8 nitrogen and oxygen atoms in total. The van der Waals surface area contributed by atoms with Gasteiger partial charge in [0.05, 0.1) is 7.11 Å². The molecule has 8 heteroatoms. The van der Waals surface area contributed by atoms with E-state index in [1.807, 2.05) is 52.8 Å². The Morgan fingerprint density at radius 3 is 2.16 bits per heavy atom. The predicted molar refractivity (Wildman–Crippen MR) is 150 cm³/mol. The summed E-state index contributed by atoms with van der Waals surface area (Å²) in [5.41, 5.74) is 2.54. The van der Waals surface area contributed by atoms with Crippen LogP contribution in [0.5, 0.6) is 5.75 Å². The summed E-state index contributed by atoms with van der Waals surface area (Å²) in [5, 5.41) is 5.74. The smallest absolute Gasteiger partial charge is 0.408 e. The van der Waals surface area contributed by atoms with Gasteiger partial charge in [0.25, 0.3) is 5.91 Å². The van der Waals surface area contributed by atoms with Gasteiger partial charge in [-0.25, -0.2) is 4.79 Å². The van der Waals surface area contributed by atoms with E-state index < -0.39 is 23.8 Å². The molecule has 0 spiro atoms. The van der Waals surface area contributed by atoms with E-state index in [1.165, 1.54) is 4.90 Å². The molecule has 3 unspecified atom stereocenters. The maximum Gasteiger partial charge on any atom is 0.408 e. The second-order valence-corrected chi connectivity index (χ2v) is 10.5. The average molecular weight is 526 g/mol. The third-order valence-corrected chi connectivity index (χ3v) is 6.63. The average Bonchev–Trinajstić information content (AvgIpc) is 2.86. The van der Waals surface area contributed by atoms with Gasteiger partial charge < -0.3 is 25.0 Å². The Balaban J connectivity index is 2.51. The Bertz CT molecular complexity index is 1110. The molecule has 0 heterocycles. The van der Waals surface area contributed by atoms with Gasteiger partial charge in [0, 0.05) is 12.2 Å². The number of carbonyl (C=O) groups excluding carboxylic acids is 3. The summed E-state index contributed by atoms with van der Waals surface area (Å²) in [5.74, 6) is -0.209. The first-order valence-electron chi connectivity index (χ1n) is 13.1. The van der Waals surface area contributed by atoms with Crippen LogP contribution in [0.4, 0.5) is 10.5 Å². The predicted octanol–water partition coefficient (Wildman–Crippen LogP) is 5.78. The molecule has 0 aliphatic carbocycles. The molecule has 0 saturated carbocycles. The highest BCUT2D eigenvalue weighted by Crippen LogP contribution is 2.29. The van der Waals surface area contributed by atoms with Crippen molar-refractivity contribution in [3.8, 4) is 5.75 Å². The fourth-order valence-electron chi connectivity index (χ4n) is 4.17. The van der Waals surface area contributed by atoms with E-state index in [9.17, 15) is 14.4 Å². The van der Waals surface area contributed by atoms with Gasteiger partial charge in [0.1, 0.15) is 23.4 Å². The minimum Gasteiger partial charge on any atom is -0.497 e. The van der Waals surface area contributed by atoms with Crippen molar-refractivity contribution in [2.45, 2.75) is 79.5 Å². The van der Waals surface area contributed by atoms with E-state index in [1.54, 1.807) is 52.1 Å². The number of likely N-dealkylation sites (N-methyl/N-ethyl adjacent to an activating group) is 1. The molecule has 0 aromatic heterocycles. The molecule has 0 saturated heterocycles. The molecule has 0 aliphatic rings. The number of hydrogen-bond donors (Lipinski definition) is 2. The van der Waals surface area contributed by atoms with Crippen LogP contribution in [0.25, 0.3) is 0 Å². The molecule has 38 heavy (non-hydrogen) atoms. The number of rotatable bonds is 10. The summed E-state index contributed by atoms with van der Waals surface area (Å²) in [6.07, 6.45) is -0.0196. The van der Waals surface area contributed by atoms with Crippen LogP contribution in [0.1, 0.15) is 70.7 Å². The number of methoxy groups -OCH3 is 1. The zero-order chi connectivity index (χ0) is 28.6. The van der Waals surface area contributed by atoms with Crippen LogP contribution < -0.4 is 15.4 Å². The van der Waals surface area contributed by atoms with Gasteiger partial charge in [0.2, 0.25) is 5.91 Å². The second kappa shape index (κ2) is 13.3. The van der Waals surface area contributed by atoms with Crippen molar-refractivity contribution in [3.05, 3.63) is 59.2 Å². The summed E-state index contributed by atoms with van der Waals surface area (Å²) in [6.45, 7) is 15.2. The zero-order valence-electron chi connectivity index (χ0n) is 24.2. The molecular formula is C30H43N3O5. The number of amides is 3. The van der Waals surface area contributed by atoms with Gasteiger partial charge in [0.15, 0.2) is 0 Å². The Morgan fingerprint density at radius 1 is 1.00 bits per heavy atom. The minimum absolute atomic E-state index is 0.187. The van der Waals surface area contributed by atoms with Crippen LogP contribution in [0.3, 0.4) is 0 Å². The van der Waals surface area contributed by atoms with Crippen molar-refractivity contribution in [1.82, 2.24) is 10.2 Å². The molecule has 2 aromatic rings. The number of carbonyl (C=O) groups is 3. The van der Waals surface area contributed by atoms with E-state index in [4.69, 9.17) is 9.47 Å². The van der Waals surface area contributed by atoms with Crippen molar-refractivity contribution < 1.29 is 23.9 Å². The van der Waals surface area contributed by atoms with Crippen LogP contribution in [-0.2, 0) is 14.3 Å². The summed E-state index contributed by atoms with van der Waals surface area (Å²) in [6, 6.07) is 11.0. The first-order valence-corrected chi connectivity index (χ1v) is 13.1. The number of ether oxygens (including phenoxy) is 2. The number of nitrogens with zero attached hydrogens (tertiary/aromatic N) is 1. The van der Waals surface area contributed by atoms with Crippen LogP contribution >= 0.6 is 0 Å². The number of alkyl carbamates (subject to hydrolysis) is 1. The molecule has 0 fully saturated rings. The minimum atomic E-state index is -0.915. The molecule has 2 aromatic carbocycles. The van der Waals surface area contributed by atoms with Gasteiger partial charge in [-0.3, -0.25) is 9.59 Å². The quantitative estimate of drug-likeness (QED) is 0.410. The van der Waals surface area contributed by atoms with Crippen LogP contribution in [0, 0.1) is 19.8 Å². The molecule has 3 atom stereocenters. The van der Waals surface area contributed by atoms with Gasteiger partial charge in [-0.2, -0.15) is 0 Å². The fourth-order valence-corrected chi connectivity index (χ4v) is 4.17. The maximum atomic E-state index is 14.1. The van der Waals surface area contributed by atoms with E-state index in [-0.39, 0.29) is 24.3 Å². The van der Waals surface area contributed by atoms with Gasteiger partial charge in [-0.15, -0.1) is 0 Å². The topological polar surface area (TPSA) is 97.0 Å². The van der Waals surface area contributed by atoms with Crippen LogP contribution in [0.2, 0.25) is 0 Å². The molecule has 2 N–H and O–H groups in total. The Labute approximate surface area is 227 Å². The third-order valence-electron chi connectivity index (χ3n) is 6.63. The molecular weight excluding hydrogens is 482 g/mol. The molecule has 3 amide bonds. The van der Waals surface area contributed by atoms with Crippen molar-refractivity contribution in [1.29, 1.82) is 0 Å². The highest BCUT2D eigenvalue weighted by atomic mass is 16.6. The lowest BCUT2D eigenvalue weighted by atomic mass is 9.93. The Hall–Kier alpha value is -3.55. The molecule has 0 bridgehead atoms. The SMILES string of the molecule is CCC(C)C(NC(=O)OC(C)(C)C)C(=O)N(CC)C(C(=O)Nc1ccc(OC)cc1)c1cccc(C)c1C. The third kappa shape index (κ3) is 7.97. The van der Waals surface area contributed by atoms with Crippen molar-refractivity contribution in [2.24, 2.45) is 5.92 Å². The lowest BCUT2D eigenvalue weighted by Crippen LogP contribution is -2.54. The fraction of sp³-hybridized carbons (Fsp3) is 0.500. The second-order valence-electron chi connectivity index (χ2n) is 10.5. The lowest BCUT2D eigenvalue weighted by Gasteiger charge is -2.36. The molecule has 0 radical (unpaired) electrons. The van der Waals surface area contributed by atoms with E-state index in [0.717, 1.165) is 16.7 Å².